The zero-order chi connectivity index (χ0) is 31.4. The van der Waals surface area contributed by atoms with Gasteiger partial charge in [0.25, 0.3) is 0 Å². The maximum atomic E-state index is 12.1. The van der Waals surface area contributed by atoms with Crippen molar-refractivity contribution in [3.05, 3.63) is 82.9 Å². The van der Waals surface area contributed by atoms with Crippen molar-refractivity contribution in [2.24, 2.45) is 0 Å². The van der Waals surface area contributed by atoms with E-state index in [1.807, 2.05) is 30.0 Å². The van der Waals surface area contributed by atoms with Gasteiger partial charge in [-0.15, -0.1) is 0 Å². The van der Waals surface area contributed by atoms with E-state index in [0.717, 1.165) is 16.7 Å². The Labute approximate surface area is 256 Å². The van der Waals surface area contributed by atoms with Crippen molar-refractivity contribution in [2.75, 3.05) is 30.5 Å². The van der Waals surface area contributed by atoms with E-state index < -0.39 is 52.2 Å². The lowest BCUT2D eigenvalue weighted by atomic mass is 9.68. The Morgan fingerprint density at radius 1 is 1.00 bits per heavy atom. The Morgan fingerprint density at radius 2 is 1.66 bits per heavy atom. The standard InChI is InChI=1S/C27H30ClN5O9P2/c1-16-7-9-18(10-8-16)27(17-5-3-2-4-6-17)12-32(13-27)23-20-24(31-26(28)30-23)33(14-29-20)25-22(35)21(34)19(42-25)11-41-44(39,40)15-43(36,37)38/h2-10,14,19,21-22,25,34-35H,11-13,15H2,1H3,(H,39,40)(H2,36,37,38). The minimum absolute atomic E-state index is 0.0756. The van der Waals surface area contributed by atoms with Gasteiger partial charge in [-0.05, 0) is 29.7 Å². The number of ether oxygens (including phenoxy) is 1. The van der Waals surface area contributed by atoms with Crippen molar-refractivity contribution in [1.82, 2.24) is 19.5 Å². The van der Waals surface area contributed by atoms with Crippen molar-refractivity contribution >= 4 is 43.8 Å². The summed E-state index contributed by atoms with van der Waals surface area (Å²) in [4.78, 5) is 43.1. The second-order valence-corrected chi connectivity index (χ2v) is 15.4. The van der Waals surface area contributed by atoms with Crippen molar-refractivity contribution in [3.8, 4) is 0 Å². The first-order valence-corrected chi connectivity index (χ1v) is 17.5. The highest BCUT2D eigenvalue weighted by molar-refractivity contribution is 7.70. The minimum Gasteiger partial charge on any atom is -0.387 e. The predicted octanol–water partition coefficient (Wildman–Crippen LogP) is 2.55. The van der Waals surface area contributed by atoms with Crippen LogP contribution >= 0.6 is 26.8 Å². The summed E-state index contributed by atoms with van der Waals surface area (Å²) in [5.41, 5.74) is 3.76. The molecule has 0 spiro atoms. The van der Waals surface area contributed by atoms with Crippen molar-refractivity contribution in [3.63, 3.8) is 0 Å². The third kappa shape index (κ3) is 5.95. The lowest BCUT2D eigenvalue weighted by Gasteiger charge is -2.51. The lowest BCUT2D eigenvalue weighted by molar-refractivity contribution is -0.0483. The minimum atomic E-state index is -4.85. The van der Waals surface area contributed by atoms with Crippen molar-refractivity contribution in [2.45, 2.75) is 36.9 Å². The first-order chi connectivity index (χ1) is 20.8. The molecule has 2 aliphatic rings. The number of rotatable bonds is 9. The molecule has 0 bridgehead atoms. The molecular weight excluding hydrogens is 636 g/mol. The van der Waals surface area contributed by atoms with Gasteiger partial charge in [-0.2, -0.15) is 9.97 Å². The number of hydrogen-bond acceptors (Lipinski definition) is 10. The fraction of sp³-hybridized carbons (Fsp3) is 0.370. The number of imidazole rings is 1. The first-order valence-electron chi connectivity index (χ1n) is 13.6. The third-order valence-electron chi connectivity index (χ3n) is 7.94. The van der Waals surface area contributed by atoms with E-state index in [1.165, 1.54) is 10.9 Å². The fourth-order valence-corrected chi connectivity index (χ4v) is 8.49. The van der Waals surface area contributed by atoms with Gasteiger partial charge in [0.2, 0.25) is 5.28 Å². The summed E-state index contributed by atoms with van der Waals surface area (Å²) in [6.45, 7) is 2.47. The summed E-state index contributed by atoms with van der Waals surface area (Å²) in [6, 6.07) is 18.6. The summed E-state index contributed by atoms with van der Waals surface area (Å²) in [6.07, 6.45) is -4.29. The van der Waals surface area contributed by atoms with E-state index in [4.69, 9.17) is 30.6 Å². The van der Waals surface area contributed by atoms with Crippen LogP contribution in [0.1, 0.15) is 22.9 Å². The summed E-state index contributed by atoms with van der Waals surface area (Å²) in [5, 5.41) is 21.3. The van der Waals surface area contributed by atoms with Crippen LogP contribution in [0.3, 0.4) is 0 Å². The normalized spacial score (nSPS) is 24.8. The molecule has 0 aliphatic carbocycles. The van der Waals surface area contributed by atoms with Crippen LogP contribution in [0.5, 0.6) is 0 Å². The van der Waals surface area contributed by atoms with Gasteiger partial charge in [0.15, 0.2) is 29.1 Å². The molecule has 6 rings (SSSR count). The van der Waals surface area contributed by atoms with Crippen LogP contribution in [0.15, 0.2) is 60.9 Å². The highest BCUT2D eigenvalue weighted by atomic mass is 35.5. The molecule has 17 heteroatoms. The molecule has 234 valence electrons. The smallest absolute Gasteiger partial charge is 0.340 e. The molecule has 2 aromatic carbocycles. The number of hydrogen-bond donors (Lipinski definition) is 5. The number of anilines is 1. The molecule has 5 atom stereocenters. The SMILES string of the molecule is Cc1ccc(C2(c3ccccc3)CN(c3nc(Cl)nc4c3ncn4C3OC(COP(=O)(O)CP(=O)(O)O)C(O)C3O)C2)cc1. The average molecular weight is 666 g/mol. The second-order valence-electron chi connectivity index (χ2n) is 11.1. The fourth-order valence-electron chi connectivity index (χ4n) is 5.76. The van der Waals surface area contributed by atoms with Gasteiger partial charge in [-0.3, -0.25) is 13.7 Å². The molecule has 2 fully saturated rings. The Kier molecular flexibility index (Phi) is 8.21. The molecule has 2 saturated heterocycles. The van der Waals surface area contributed by atoms with Crippen LogP contribution < -0.4 is 4.90 Å². The molecule has 44 heavy (non-hydrogen) atoms. The zero-order valence-electron chi connectivity index (χ0n) is 23.3. The predicted molar refractivity (Wildman–Crippen MR) is 160 cm³/mol. The molecule has 2 aromatic heterocycles. The molecule has 0 radical (unpaired) electrons. The molecular formula is C27H30ClN5O9P2. The monoisotopic (exact) mass is 665 g/mol. The molecule has 4 aromatic rings. The van der Waals surface area contributed by atoms with Gasteiger partial charge in [-0.1, -0.05) is 60.2 Å². The summed E-state index contributed by atoms with van der Waals surface area (Å²) in [7, 11) is -9.56. The Morgan fingerprint density at radius 3 is 2.32 bits per heavy atom. The van der Waals surface area contributed by atoms with E-state index in [0.29, 0.717) is 24.4 Å². The molecule has 4 heterocycles. The van der Waals surface area contributed by atoms with Crippen molar-refractivity contribution < 1.29 is 43.3 Å². The van der Waals surface area contributed by atoms with Crippen LogP contribution in [0.2, 0.25) is 5.28 Å². The van der Waals surface area contributed by atoms with Crippen LogP contribution in [-0.4, -0.2) is 88.3 Å². The maximum Gasteiger partial charge on any atom is 0.340 e. The van der Waals surface area contributed by atoms with E-state index in [-0.39, 0.29) is 16.3 Å². The van der Waals surface area contributed by atoms with E-state index in [9.17, 15) is 24.2 Å². The van der Waals surface area contributed by atoms with Crippen LogP contribution in [0.4, 0.5) is 5.82 Å². The second kappa shape index (κ2) is 11.6. The number of aromatic nitrogens is 4. The van der Waals surface area contributed by atoms with E-state index >= 15 is 0 Å². The number of halogens is 1. The molecule has 2 aliphatic heterocycles. The quantitative estimate of drug-likeness (QED) is 0.129. The van der Waals surface area contributed by atoms with Gasteiger partial charge in [0.1, 0.15) is 18.3 Å². The van der Waals surface area contributed by atoms with Gasteiger partial charge in [-0.25, -0.2) is 4.98 Å². The number of aryl methyl sites for hydroxylation is 1. The first kappa shape index (κ1) is 31.3. The van der Waals surface area contributed by atoms with Crippen LogP contribution in [0.25, 0.3) is 11.2 Å². The number of nitrogens with zero attached hydrogens (tertiary/aromatic N) is 5. The highest BCUT2D eigenvalue weighted by Crippen LogP contribution is 2.55. The van der Waals surface area contributed by atoms with Crippen LogP contribution in [-0.2, 0) is 23.8 Å². The largest absolute Gasteiger partial charge is 0.387 e. The number of aliphatic hydroxyl groups excluding tert-OH is 2. The number of benzene rings is 2. The maximum absolute atomic E-state index is 12.1. The van der Waals surface area contributed by atoms with E-state index in [2.05, 4.69) is 51.4 Å². The number of fused-ring (bicyclic) bond motifs is 1. The third-order valence-corrected chi connectivity index (χ3v) is 11.6. The van der Waals surface area contributed by atoms with Crippen molar-refractivity contribution in [1.29, 1.82) is 0 Å². The van der Waals surface area contributed by atoms with Gasteiger partial charge in [0.05, 0.1) is 18.3 Å². The number of aliphatic hydroxyl groups is 2. The Bertz CT molecular complexity index is 1760. The molecule has 5 unspecified atom stereocenters. The Balaban J connectivity index is 1.26. The zero-order valence-corrected chi connectivity index (χ0v) is 25.8. The van der Waals surface area contributed by atoms with Gasteiger partial charge in [0, 0.05) is 13.1 Å². The molecule has 0 saturated carbocycles. The Hall–Kier alpha value is -2.74. The van der Waals surface area contributed by atoms with Crippen LogP contribution in [0, 0.1) is 6.92 Å². The summed E-state index contributed by atoms with van der Waals surface area (Å²) < 4.78 is 35.1. The molecule has 14 nitrogen and oxygen atoms in total. The van der Waals surface area contributed by atoms with Gasteiger partial charge < -0.3 is 39.1 Å². The van der Waals surface area contributed by atoms with Gasteiger partial charge >= 0.3 is 15.2 Å². The average Bonchev–Trinajstić information content (AvgIpc) is 3.47. The lowest BCUT2D eigenvalue weighted by Crippen LogP contribution is -2.60. The summed E-state index contributed by atoms with van der Waals surface area (Å²) in [5.74, 6) is -0.922. The molecule has 5 N–H and O–H groups in total. The highest BCUT2D eigenvalue weighted by Gasteiger charge is 2.48. The van der Waals surface area contributed by atoms with E-state index in [1.54, 1.807) is 0 Å². The summed E-state index contributed by atoms with van der Waals surface area (Å²) >= 11 is 6.37. The molecule has 0 amide bonds. The topological polar surface area (TPSA) is 201 Å².